The molecule has 1 aromatic heterocycles. The summed E-state index contributed by atoms with van der Waals surface area (Å²) in [4.78, 5) is 15.4. The maximum absolute atomic E-state index is 12.2. The van der Waals surface area contributed by atoms with Gasteiger partial charge in [-0.25, -0.2) is 0 Å². The molecule has 0 atom stereocenters. The molecule has 0 N–H and O–H groups in total. The van der Waals surface area contributed by atoms with E-state index in [1.165, 1.54) is 24.2 Å². The Bertz CT molecular complexity index is 441. The lowest BCUT2D eigenvalue weighted by atomic mass is 9.75. The molecular weight excluding hydrogens is 322 g/mol. The number of thiophene rings is 1. The van der Waals surface area contributed by atoms with Crippen molar-refractivity contribution < 1.29 is 4.79 Å². The molecule has 106 valence electrons. The van der Waals surface area contributed by atoms with Crippen LogP contribution in [0.15, 0.2) is 15.9 Å². The van der Waals surface area contributed by atoms with Crippen LogP contribution in [0.5, 0.6) is 0 Å². The number of piperidine rings is 1. The van der Waals surface area contributed by atoms with E-state index in [2.05, 4.69) is 41.6 Å². The zero-order valence-electron chi connectivity index (χ0n) is 11.9. The van der Waals surface area contributed by atoms with E-state index in [-0.39, 0.29) is 5.78 Å². The summed E-state index contributed by atoms with van der Waals surface area (Å²) in [6.45, 7) is 9.63. The van der Waals surface area contributed by atoms with Crippen LogP contribution in [0, 0.1) is 11.3 Å². The highest BCUT2D eigenvalue weighted by Gasteiger charge is 2.29. The second-order valence-corrected chi connectivity index (χ2v) is 8.21. The molecule has 0 aromatic carbocycles. The van der Waals surface area contributed by atoms with E-state index in [1.54, 1.807) is 0 Å². The fourth-order valence-corrected chi connectivity index (χ4v) is 4.25. The van der Waals surface area contributed by atoms with Crippen LogP contribution >= 0.6 is 27.3 Å². The minimum atomic E-state index is 0.246. The Kier molecular flexibility index (Phi) is 4.85. The average Bonchev–Trinajstić information content (AvgIpc) is 2.75. The number of carbonyl (C=O) groups excluding carboxylic acids is 1. The molecule has 0 amide bonds. The Hall–Kier alpha value is -0.190. The number of carbonyl (C=O) groups is 1. The minimum Gasteiger partial charge on any atom is -0.296 e. The molecule has 1 aliphatic heterocycles. The van der Waals surface area contributed by atoms with Crippen LogP contribution in [0.3, 0.4) is 0 Å². The van der Waals surface area contributed by atoms with Crippen molar-refractivity contribution in [2.45, 2.75) is 33.6 Å². The summed E-state index contributed by atoms with van der Waals surface area (Å²) in [5.41, 5.74) is 0.396. The minimum absolute atomic E-state index is 0.246. The van der Waals surface area contributed by atoms with Gasteiger partial charge in [0.25, 0.3) is 0 Å². The quantitative estimate of drug-likeness (QED) is 0.755. The molecule has 19 heavy (non-hydrogen) atoms. The van der Waals surface area contributed by atoms with E-state index in [0.717, 1.165) is 28.4 Å². The summed E-state index contributed by atoms with van der Waals surface area (Å²) in [5, 5.41) is 1.96. The third kappa shape index (κ3) is 3.89. The summed E-state index contributed by atoms with van der Waals surface area (Å²) in [6.07, 6.45) is 2.42. The Morgan fingerprint density at radius 1 is 1.42 bits per heavy atom. The topological polar surface area (TPSA) is 20.3 Å². The zero-order chi connectivity index (χ0) is 14.0. The third-order valence-corrected chi connectivity index (χ3v) is 5.93. The third-order valence-electron chi connectivity index (χ3n) is 4.05. The van der Waals surface area contributed by atoms with Crippen LogP contribution in [0.2, 0.25) is 0 Å². The van der Waals surface area contributed by atoms with Gasteiger partial charge >= 0.3 is 0 Å². The maximum atomic E-state index is 12.2. The lowest BCUT2D eigenvalue weighted by Gasteiger charge is -2.38. The fourth-order valence-electron chi connectivity index (χ4n) is 2.72. The van der Waals surface area contributed by atoms with Crippen molar-refractivity contribution in [3.8, 4) is 0 Å². The summed E-state index contributed by atoms with van der Waals surface area (Å²) < 4.78 is 0.937. The molecule has 2 heterocycles. The number of ketones is 1. The Balaban J connectivity index is 1.86. The van der Waals surface area contributed by atoms with Crippen LogP contribution in [0.1, 0.15) is 43.3 Å². The maximum Gasteiger partial charge on any atom is 0.187 e. The smallest absolute Gasteiger partial charge is 0.187 e. The van der Waals surface area contributed by atoms with E-state index >= 15 is 0 Å². The van der Waals surface area contributed by atoms with Crippen molar-refractivity contribution in [2.75, 3.05) is 19.6 Å². The molecule has 0 spiro atoms. The second kappa shape index (κ2) is 6.06. The van der Waals surface area contributed by atoms with Crippen LogP contribution in [-0.4, -0.2) is 30.3 Å². The number of hydrogen-bond donors (Lipinski definition) is 0. The van der Waals surface area contributed by atoms with Gasteiger partial charge in [-0.2, -0.15) is 0 Å². The standard InChI is InChI=1S/C15H22BrNOS/c1-15(2,3)11-4-7-17(8-5-11)10-13(18)14-12(16)6-9-19-14/h6,9,11H,4-5,7-8,10H2,1-3H3. The van der Waals surface area contributed by atoms with Crippen LogP contribution in [0.25, 0.3) is 0 Å². The van der Waals surface area contributed by atoms with Crippen molar-refractivity contribution in [3.05, 3.63) is 20.8 Å². The first-order chi connectivity index (χ1) is 8.88. The van der Waals surface area contributed by atoms with Gasteiger partial charge in [0.15, 0.2) is 5.78 Å². The molecule has 0 bridgehead atoms. The van der Waals surface area contributed by atoms with E-state index in [4.69, 9.17) is 0 Å². The number of Topliss-reactive ketones (excluding diaryl/α,β-unsaturated/α-hetero) is 1. The summed E-state index contributed by atoms with van der Waals surface area (Å²) in [7, 11) is 0. The van der Waals surface area contributed by atoms with Gasteiger partial charge in [-0.05, 0) is 64.6 Å². The first-order valence-electron chi connectivity index (χ1n) is 6.86. The molecule has 0 aliphatic carbocycles. The van der Waals surface area contributed by atoms with Crippen LogP contribution in [0.4, 0.5) is 0 Å². The van der Waals surface area contributed by atoms with Gasteiger partial charge in [0.2, 0.25) is 0 Å². The SMILES string of the molecule is CC(C)(C)C1CCN(CC(=O)c2sccc2Br)CC1. The van der Waals surface area contributed by atoms with Gasteiger partial charge in [-0.15, -0.1) is 11.3 Å². The fraction of sp³-hybridized carbons (Fsp3) is 0.667. The monoisotopic (exact) mass is 343 g/mol. The first kappa shape index (κ1) is 15.2. The van der Waals surface area contributed by atoms with E-state index < -0.39 is 0 Å². The van der Waals surface area contributed by atoms with Gasteiger partial charge in [-0.1, -0.05) is 20.8 Å². The largest absolute Gasteiger partial charge is 0.296 e. The number of likely N-dealkylation sites (tertiary alicyclic amines) is 1. The van der Waals surface area contributed by atoms with Crippen molar-refractivity contribution in [1.82, 2.24) is 4.90 Å². The molecule has 1 fully saturated rings. The Labute approximate surface area is 128 Å². The van der Waals surface area contributed by atoms with Gasteiger partial charge in [0.1, 0.15) is 0 Å². The van der Waals surface area contributed by atoms with E-state index in [9.17, 15) is 4.79 Å². The molecule has 2 rings (SSSR count). The number of halogens is 1. The molecule has 0 radical (unpaired) electrons. The predicted octanol–water partition coefficient (Wildman–Crippen LogP) is 4.45. The Morgan fingerprint density at radius 3 is 2.53 bits per heavy atom. The van der Waals surface area contributed by atoms with Gasteiger partial charge < -0.3 is 0 Å². The summed E-state index contributed by atoms with van der Waals surface area (Å²) >= 11 is 4.97. The van der Waals surface area contributed by atoms with Crippen molar-refractivity contribution in [3.63, 3.8) is 0 Å². The summed E-state index contributed by atoms with van der Waals surface area (Å²) in [6, 6.07) is 1.95. The van der Waals surface area contributed by atoms with Crippen LogP contribution in [-0.2, 0) is 0 Å². The van der Waals surface area contributed by atoms with Gasteiger partial charge in [0.05, 0.1) is 11.4 Å². The normalized spacial score (nSPS) is 18.7. The Morgan fingerprint density at radius 2 is 2.05 bits per heavy atom. The lowest BCUT2D eigenvalue weighted by Crippen LogP contribution is -2.40. The molecule has 0 unspecified atom stereocenters. The predicted molar refractivity (Wildman–Crippen MR) is 85.0 cm³/mol. The number of rotatable bonds is 3. The van der Waals surface area contributed by atoms with E-state index in [1.807, 2.05) is 11.4 Å². The molecule has 0 saturated carbocycles. The van der Waals surface area contributed by atoms with Gasteiger partial charge in [-0.3, -0.25) is 9.69 Å². The average molecular weight is 344 g/mol. The molecule has 2 nitrogen and oxygen atoms in total. The molecule has 1 saturated heterocycles. The molecule has 4 heteroatoms. The number of hydrogen-bond acceptors (Lipinski definition) is 3. The van der Waals surface area contributed by atoms with Crippen molar-refractivity contribution in [2.24, 2.45) is 11.3 Å². The summed E-state index contributed by atoms with van der Waals surface area (Å²) in [5.74, 6) is 1.03. The highest BCUT2D eigenvalue weighted by molar-refractivity contribution is 9.10. The second-order valence-electron chi connectivity index (χ2n) is 6.44. The number of nitrogens with zero attached hydrogens (tertiary/aromatic N) is 1. The molecule has 1 aliphatic rings. The molecular formula is C15H22BrNOS. The van der Waals surface area contributed by atoms with Crippen molar-refractivity contribution >= 4 is 33.0 Å². The van der Waals surface area contributed by atoms with E-state index in [0.29, 0.717) is 12.0 Å². The van der Waals surface area contributed by atoms with Gasteiger partial charge in [0, 0.05) is 4.47 Å². The first-order valence-corrected chi connectivity index (χ1v) is 8.54. The zero-order valence-corrected chi connectivity index (χ0v) is 14.3. The lowest BCUT2D eigenvalue weighted by molar-refractivity contribution is 0.0825. The molecule has 1 aromatic rings. The highest BCUT2D eigenvalue weighted by atomic mass is 79.9. The van der Waals surface area contributed by atoms with Crippen LogP contribution < -0.4 is 0 Å². The van der Waals surface area contributed by atoms with Crippen molar-refractivity contribution in [1.29, 1.82) is 0 Å². The highest BCUT2D eigenvalue weighted by Crippen LogP contribution is 2.34.